The fourth-order valence-electron chi connectivity index (χ4n) is 4.55. The van der Waals surface area contributed by atoms with Crippen LogP contribution in [0.25, 0.3) is 21.8 Å². The molecule has 0 fully saturated rings. The Kier molecular flexibility index (Phi) is 8.17. The Hall–Kier alpha value is -4.74. The van der Waals surface area contributed by atoms with Crippen LogP contribution in [0.4, 0.5) is 11.4 Å². The summed E-state index contributed by atoms with van der Waals surface area (Å²) in [6, 6.07) is 10.4. The summed E-state index contributed by atoms with van der Waals surface area (Å²) in [7, 11) is 3.06. The minimum Gasteiger partial charge on any atom is -0.497 e. The average molecular weight is 549 g/mol. The Bertz CT molecular complexity index is 1520. The number of benzene rings is 2. The number of hydrogen-bond acceptors (Lipinski definition) is 8. The standard InChI is InChI=1S/C28H32N6O6/c1-15(2)33-21-9-7-17(39-5)13-19(21)25(27(33)37)31-29-23(35)11-12-24(36)30-32-26-20-14-18(40-6)8-10-22(20)34(16(3)4)28(26)38/h7-10,13-16,37-38H,11-12H2,1-6H3. The van der Waals surface area contributed by atoms with Crippen LogP contribution >= 0.6 is 0 Å². The lowest BCUT2D eigenvalue weighted by atomic mass is 10.2. The number of nitrogens with zero attached hydrogens (tertiary/aromatic N) is 6. The van der Waals surface area contributed by atoms with Crippen molar-refractivity contribution < 1.29 is 29.3 Å². The van der Waals surface area contributed by atoms with E-state index in [1.165, 1.54) is 14.2 Å². The summed E-state index contributed by atoms with van der Waals surface area (Å²) in [5, 5.41) is 38.1. The maximum absolute atomic E-state index is 12.4. The average Bonchev–Trinajstić information content (AvgIpc) is 3.37. The van der Waals surface area contributed by atoms with Crippen LogP contribution in [0.3, 0.4) is 0 Å². The molecule has 0 unspecified atom stereocenters. The number of aromatic nitrogens is 2. The third-order valence-electron chi connectivity index (χ3n) is 6.43. The van der Waals surface area contributed by atoms with Crippen molar-refractivity contribution in [2.24, 2.45) is 20.5 Å². The van der Waals surface area contributed by atoms with Gasteiger partial charge in [-0.25, -0.2) is 0 Å². The highest BCUT2D eigenvalue weighted by Crippen LogP contribution is 2.43. The van der Waals surface area contributed by atoms with Gasteiger partial charge in [0.15, 0.2) is 11.4 Å². The molecule has 4 aromatic rings. The topological polar surface area (TPSA) is 152 Å². The quantitative estimate of drug-likeness (QED) is 0.217. The van der Waals surface area contributed by atoms with E-state index < -0.39 is 11.8 Å². The molecule has 40 heavy (non-hydrogen) atoms. The predicted molar refractivity (Wildman–Crippen MR) is 149 cm³/mol. The number of amides is 2. The van der Waals surface area contributed by atoms with Crippen LogP contribution in [0.15, 0.2) is 56.9 Å². The number of fused-ring (bicyclic) bond motifs is 2. The molecule has 0 aliphatic heterocycles. The van der Waals surface area contributed by atoms with Crippen LogP contribution in [-0.2, 0) is 9.59 Å². The van der Waals surface area contributed by atoms with Crippen molar-refractivity contribution in [3.05, 3.63) is 36.4 Å². The first-order chi connectivity index (χ1) is 19.1. The summed E-state index contributed by atoms with van der Waals surface area (Å²) in [6.45, 7) is 7.64. The minimum atomic E-state index is -0.666. The Labute approximate surface area is 230 Å². The molecule has 0 spiro atoms. The van der Waals surface area contributed by atoms with Gasteiger partial charge in [0.05, 0.1) is 25.3 Å². The second kappa shape index (κ2) is 11.6. The monoisotopic (exact) mass is 548 g/mol. The van der Waals surface area contributed by atoms with E-state index >= 15 is 0 Å². The van der Waals surface area contributed by atoms with Crippen LogP contribution in [-0.4, -0.2) is 45.4 Å². The molecule has 0 aliphatic carbocycles. The van der Waals surface area contributed by atoms with Crippen molar-refractivity contribution in [3.8, 4) is 23.3 Å². The maximum atomic E-state index is 12.4. The Morgan fingerprint density at radius 3 is 1.43 bits per heavy atom. The first kappa shape index (κ1) is 28.3. The highest BCUT2D eigenvalue weighted by Gasteiger charge is 2.21. The summed E-state index contributed by atoms with van der Waals surface area (Å²) in [6.07, 6.45) is -0.524. The molecule has 2 aromatic carbocycles. The molecular weight excluding hydrogens is 516 g/mol. The number of ether oxygens (including phenoxy) is 2. The molecule has 2 heterocycles. The molecule has 12 nitrogen and oxygen atoms in total. The van der Waals surface area contributed by atoms with Crippen molar-refractivity contribution >= 4 is 45.0 Å². The molecule has 0 radical (unpaired) electrons. The zero-order valence-electron chi connectivity index (χ0n) is 23.2. The van der Waals surface area contributed by atoms with Gasteiger partial charge in [-0.1, -0.05) is 0 Å². The zero-order chi connectivity index (χ0) is 29.1. The Morgan fingerprint density at radius 1 is 0.725 bits per heavy atom. The number of carbonyl (C=O) groups is 2. The first-order valence-electron chi connectivity index (χ1n) is 12.8. The highest BCUT2D eigenvalue weighted by molar-refractivity contribution is 5.97. The van der Waals surface area contributed by atoms with Crippen molar-refractivity contribution in [1.82, 2.24) is 9.13 Å². The van der Waals surface area contributed by atoms with Crippen molar-refractivity contribution in [2.75, 3.05) is 14.2 Å². The molecular formula is C28H32N6O6. The highest BCUT2D eigenvalue weighted by atomic mass is 16.5. The second-order valence-electron chi connectivity index (χ2n) is 9.73. The van der Waals surface area contributed by atoms with E-state index in [0.29, 0.717) is 33.3 Å². The molecule has 210 valence electrons. The smallest absolute Gasteiger partial charge is 0.265 e. The van der Waals surface area contributed by atoms with Crippen LogP contribution in [0.1, 0.15) is 52.6 Å². The predicted octanol–water partition coefficient (Wildman–Crippen LogP) is 6.89. The number of hydrogen-bond donors (Lipinski definition) is 2. The molecule has 0 atom stereocenters. The van der Waals surface area contributed by atoms with Gasteiger partial charge in [-0.05, 0) is 64.1 Å². The zero-order valence-corrected chi connectivity index (χ0v) is 23.2. The summed E-state index contributed by atoms with van der Waals surface area (Å²) in [5.74, 6) is -0.463. The van der Waals surface area contributed by atoms with Gasteiger partial charge in [-0.15, -0.1) is 20.5 Å². The molecule has 12 heteroatoms. The van der Waals surface area contributed by atoms with Gasteiger partial charge in [0.2, 0.25) is 11.8 Å². The molecule has 2 amide bonds. The first-order valence-corrected chi connectivity index (χ1v) is 12.8. The third-order valence-corrected chi connectivity index (χ3v) is 6.43. The van der Waals surface area contributed by atoms with Gasteiger partial charge in [0.25, 0.3) is 11.8 Å². The summed E-state index contributed by atoms with van der Waals surface area (Å²) in [4.78, 5) is 24.9. The number of methoxy groups -OCH3 is 2. The molecule has 0 saturated carbocycles. The van der Waals surface area contributed by atoms with Crippen LogP contribution in [0.5, 0.6) is 23.3 Å². The van der Waals surface area contributed by atoms with E-state index in [0.717, 1.165) is 0 Å². The van der Waals surface area contributed by atoms with Gasteiger partial charge in [-0.2, -0.15) is 0 Å². The van der Waals surface area contributed by atoms with E-state index in [1.54, 1.807) is 45.5 Å². The Morgan fingerprint density at radius 2 is 1.10 bits per heavy atom. The molecule has 0 saturated heterocycles. The van der Waals surface area contributed by atoms with E-state index in [-0.39, 0.29) is 48.1 Å². The molecule has 0 aliphatic rings. The Balaban J connectivity index is 1.50. The maximum Gasteiger partial charge on any atom is 0.265 e. The van der Waals surface area contributed by atoms with Crippen LogP contribution < -0.4 is 9.47 Å². The summed E-state index contributed by atoms with van der Waals surface area (Å²) < 4.78 is 13.9. The number of carbonyl (C=O) groups excluding carboxylic acids is 2. The summed E-state index contributed by atoms with van der Waals surface area (Å²) >= 11 is 0. The normalized spacial score (nSPS) is 12.1. The fourth-order valence-corrected chi connectivity index (χ4v) is 4.55. The second-order valence-corrected chi connectivity index (χ2v) is 9.73. The number of azo groups is 2. The van der Waals surface area contributed by atoms with Gasteiger partial charge < -0.3 is 28.8 Å². The number of rotatable bonds is 9. The van der Waals surface area contributed by atoms with E-state index in [1.807, 2.05) is 27.7 Å². The largest absolute Gasteiger partial charge is 0.497 e. The van der Waals surface area contributed by atoms with Crippen LogP contribution in [0.2, 0.25) is 0 Å². The lowest BCUT2D eigenvalue weighted by molar-refractivity contribution is -0.123. The SMILES string of the molecule is COc1ccc2c(c1)c(N=NC(=O)CCC(=O)N=Nc1c(O)n(C(C)C)c3ccc(OC)cc13)c(O)n2C(C)C. The number of aromatic hydroxyl groups is 2. The fraction of sp³-hybridized carbons (Fsp3) is 0.357. The summed E-state index contributed by atoms with van der Waals surface area (Å²) in [5.41, 5.74) is 1.69. The van der Waals surface area contributed by atoms with Gasteiger partial charge >= 0.3 is 0 Å². The van der Waals surface area contributed by atoms with E-state index in [9.17, 15) is 19.8 Å². The van der Waals surface area contributed by atoms with Crippen molar-refractivity contribution in [2.45, 2.75) is 52.6 Å². The van der Waals surface area contributed by atoms with Gasteiger partial charge in [0, 0.05) is 35.7 Å². The lowest BCUT2D eigenvalue weighted by Crippen LogP contribution is -1.99. The van der Waals surface area contributed by atoms with Crippen LogP contribution in [0, 0.1) is 0 Å². The molecule has 4 rings (SSSR count). The van der Waals surface area contributed by atoms with Gasteiger partial charge in [0.1, 0.15) is 11.5 Å². The molecule has 0 bridgehead atoms. The van der Waals surface area contributed by atoms with Crippen molar-refractivity contribution in [3.63, 3.8) is 0 Å². The van der Waals surface area contributed by atoms with Gasteiger partial charge in [-0.3, -0.25) is 9.59 Å². The lowest BCUT2D eigenvalue weighted by Gasteiger charge is -2.10. The minimum absolute atomic E-state index is 0.0754. The molecule has 2 aromatic heterocycles. The van der Waals surface area contributed by atoms with E-state index in [2.05, 4.69) is 20.5 Å². The van der Waals surface area contributed by atoms with Crippen molar-refractivity contribution in [1.29, 1.82) is 0 Å². The molecule has 2 N–H and O–H groups in total. The third kappa shape index (κ3) is 5.37. The van der Waals surface area contributed by atoms with E-state index in [4.69, 9.17) is 9.47 Å².